The lowest BCUT2D eigenvalue weighted by molar-refractivity contribution is -0.121. The minimum Gasteiger partial charge on any atom is -0.373 e. The van der Waals surface area contributed by atoms with Gasteiger partial charge < -0.3 is 16.0 Å². The first-order chi connectivity index (χ1) is 9.72. The quantitative estimate of drug-likeness (QED) is 0.749. The minimum atomic E-state index is -0.127. The monoisotopic (exact) mass is 293 g/mol. The lowest BCUT2D eigenvalue weighted by Crippen LogP contribution is -2.31. The molecule has 0 saturated carbocycles. The molecule has 21 heavy (non-hydrogen) atoms. The Morgan fingerprint density at radius 1 is 1.24 bits per heavy atom. The van der Waals surface area contributed by atoms with Crippen molar-refractivity contribution in [1.82, 2.24) is 15.3 Å². The highest BCUT2D eigenvalue weighted by Crippen LogP contribution is 2.22. The normalized spacial score (nSPS) is 11.4. The van der Waals surface area contributed by atoms with Gasteiger partial charge in [0.05, 0.1) is 0 Å². The molecule has 0 bridgehead atoms. The van der Waals surface area contributed by atoms with Crippen molar-refractivity contribution in [2.45, 2.75) is 52.5 Å². The van der Waals surface area contributed by atoms with E-state index in [9.17, 15) is 4.79 Å². The smallest absolute Gasteiger partial charge is 0.221 e. The summed E-state index contributed by atoms with van der Waals surface area (Å²) in [5, 5.41) is 9.08. The zero-order valence-corrected chi connectivity index (χ0v) is 13.9. The van der Waals surface area contributed by atoms with Crippen molar-refractivity contribution in [3.63, 3.8) is 0 Å². The van der Waals surface area contributed by atoms with Gasteiger partial charge in [0.25, 0.3) is 0 Å². The Labute approximate surface area is 127 Å². The Bertz CT molecular complexity index is 479. The molecule has 0 fully saturated rings. The largest absolute Gasteiger partial charge is 0.373 e. The number of carbonyl (C=O) groups excluding carboxylic acids is 1. The number of nitrogens with one attached hydrogen (secondary N) is 3. The second kappa shape index (κ2) is 7.24. The van der Waals surface area contributed by atoms with Crippen LogP contribution in [0.25, 0.3) is 0 Å². The molecule has 0 unspecified atom stereocenters. The van der Waals surface area contributed by atoms with Gasteiger partial charge >= 0.3 is 0 Å². The number of aromatic nitrogens is 2. The first-order valence-corrected chi connectivity index (χ1v) is 7.33. The summed E-state index contributed by atoms with van der Waals surface area (Å²) in [6.07, 6.45) is 0.419. The first kappa shape index (κ1) is 17.2. The third-order valence-corrected chi connectivity index (χ3v) is 2.76. The number of rotatable bonds is 6. The van der Waals surface area contributed by atoms with Crippen LogP contribution in [0.4, 0.5) is 11.6 Å². The maximum absolute atomic E-state index is 11.6. The highest BCUT2D eigenvalue weighted by Gasteiger charge is 2.19. The molecule has 118 valence electrons. The van der Waals surface area contributed by atoms with E-state index >= 15 is 0 Å². The summed E-state index contributed by atoms with van der Waals surface area (Å²) in [4.78, 5) is 20.6. The molecule has 6 nitrogen and oxygen atoms in total. The van der Waals surface area contributed by atoms with Crippen molar-refractivity contribution >= 4 is 17.5 Å². The van der Waals surface area contributed by atoms with E-state index in [1.54, 1.807) is 0 Å². The minimum absolute atomic E-state index is 0.0384. The molecule has 0 aliphatic heterocycles. The van der Waals surface area contributed by atoms with Crippen LogP contribution in [0, 0.1) is 0 Å². The first-order valence-electron chi connectivity index (χ1n) is 7.33. The Morgan fingerprint density at radius 2 is 1.86 bits per heavy atom. The summed E-state index contributed by atoms with van der Waals surface area (Å²) >= 11 is 0. The molecule has 0 aliphatic carbocycles. The van der Waals surface area contributed by atoms with Gasteiger partial charge in [-0.3, -0.25) is 4.79 Å². The average Bonchev–Trinajstić information content (AvgIpc) is 2.36. The third-order valence-electron chi connectivity index (χ3n) is 2.76. The van der Waals surface area contributed by atoms with Crippen LogP contribution in [-0.4, -0.2) is 35.5 Å². The molecule has 1 amide bonds. The summed E-state index contributed by atoms with van der Waals surface area (Å²) < 4.78 is 0. The van der Waals surface area contributed by atoms with Crippen LogP contribution in [0.1, 0.15) is 46.9 Å². The molecule has 6 heteroatoms. The van der Waals surface area contributed by atoms with Gasteiger partial charge in [-0.05, 0) is 13.8 Å². The molecule has 3 N–H and O–H groups in total. The van der Waals surface area contributed by atoms with Gasteiger partial charge in [0, 0.05) is 37.5 Å². The standard InChI is InChI=1S/C15H27N5O/c1-10(2)18-13(21)7-8-17-12-9-11(16-6)19-14(20-12)15(3,4)5/h9-10H,7-8H2,1-6H3,(H,18,21)(H2,16,17,19,20). The number of amides is 1. The molecule has 0 saturated heterocycles. The van der Waals surface area contributed by atoms with E-state index in [2.05, 4.69) is 46.7 Å². The van der Waals surface area contributed by atoms with Crippen molar-refractivity contribution in [1.29, 1.82) is 0 Å². The second-order valence-electron chi connectivity index (χ2n) is 6.36. The zero-order chi connectivity index (χ0) is 16.0. The van der Waals surface area contributed by atoms with Crippen molar-refractivity contribution in [3.8, 4) is 0 Å². The number of nitrogens with zero attached hydrogens (tertiary/aromatic N) is 2. The van der Waals surface area contributed by atoms with Crippen molar-refractivity contribution in [2.75, 3.05) is 24.2 Å². The lowest BCUT2D eigenvalue weighted by Gasteiger charge is -2.19. The van der Waals surface area contributed by atoms with E-state index in [1.165, 1.54) is 0 Å². The summed E-state index contributed by atoms with van der Waals surface area (Å²) in [6, 6.07) is 2.01. The fraction of sp³-hybridized carbons (Fsp3) is 0.667. The highest BCUT2D eigenvalue weighted by atomic mass is 16.1. The SMILES string of the molecule is CNc1cc(NCCC(=O)NC(C)C)nc(C(C)(C)C)n1. The summed E-state index contributed by atoms with van der Waals surface area (Å²) in [5.74, 6) is 2.31. The van der Waals surface area contributed by atoms with Gasteiger partial charge in [0.2, 0.25) is 5.91 Å². The van der Waals surface area contributed by atoms with Gasteiger partial charge in [0.15, 0.2) is 0 Å². The molecule has 1 rings (SSSR count). The van der Waals surface area contributed by atoms with Crippen molar-refractivity contribution in [3.05, 3.63) is 11.9 Å². The topological polar surface area (TPSA) is 78.9 Å². The predicted octanol–water partition coefficient (Wildman–Crippen LogP) is 2.14. The van der Waals surface area contributed by atoms with Crippen LogP contribution >= 0.6 is 0 Å². The summed E-state index contributed by atoms with van der Waals surface area (Å²) in [5.41, 5.74) is -0.127. The fourth-order valence-electron chi connectivity index (χ4n) is 1.70. The molecule has 0 radical (unpaired) electrons. The summed E-state index contributed by atoms with van der Waals surface area (Å²) in [6.45, 7) is 10.7. The Balaban J connectivity index is 2.68. The number of anilines is 2. The lowest BCUT2D eigenvalue weighted by atomic mass is 9.96. The van der Waals surface area contributed by atoms with Crippen LogP contribution in [0.5, 0.6) is 0 Å². The van der Waals surface area contributed by atoms with Crippen molar-refractivity contribution in [2.24, 2.45) is 0 Å². The fourth-order valence-corrected chi connectivity index (χ4v) is 1.70. The molecule has 0 spiro atoms. The van der Waals surface area contributed by atoms with Crippen LogP contribution in [0.3, 0.4) is 0 Å². The third kappa shape index (κ3) is 5.97. The second-order valence-corrected chi connectivity index (χ2v) is 6.36. The van der Waals surface area contributed by atoms with E-state index in [0.717, 1.165) is 17.5 Å². The highest BCUT2D eigenvalue weighted by molar-refractivity contribution is 5.76. The molecule has 1 aromatic rings. The van der Waals surface area contributed by atoms with Crippen LogP contribution in [0.15, 0.2) is 6.07 Å². The number of carbonyl (C=O) groups is 1. The van der Waals surface area contributed by atoms with E-state index in [4.69, 9.17) is 0 Å². The predicted molar refractivity (Wildman–Crippen MR) is 86.7 cm³/mol. The Morgan fingerprint density at radius 3 is 2.38 bits per heavy atom. The molecule has 0 atom stereocenters. The van der Waals surface area contributed by atoms with E-state index in [-0.39, 0.29) is 17.4 Å². The number of hydrogen-bond acceptors (Lipinski definition) is 5. The van der Waals surface area contributed by atoms with E-state index < -0.39 is 0 Å². The molecule has 1 heterocycles. The van der Waals surface area contributed by atoms with Crippen LogP contribution < -0.4 is 16.0 Å². The van der Waals surface area contributed by atoms with Crippen LogP contribution in [0.2, 0.25) is 0 Å². The maximum atomic E-state index is 11.6. The number of hydrogen-bond donors (Lipinski definition) is 3. The Hall–Kier alpha value is -1.85. The van der Waals surface area contributed by atoms with Gasteiger partial charge in [-0.2, -0.15) is 0 Å². The molecular weight excluding hydrogens is 266 g/mol. The molecule has 0 aromatic carbocycles. The Kier molecular flexibility index (Phi) is 5.93. The van der Waals surface area contributed by atoms with Gasteiger partial charge in [-0.25, -0.2) is 9.97 Å². The van der Waals surface area contributed by atoms with E-state index in [0.29, 0.717) is 13.0 Å². The van der Waals surface area contributed by atoms with Gasteiger partial charge in [0.1, 0.15) is 17.5 Å². The molecule has 1 aromatic heterocycles. The van der Waals surface area contributed by atoms with Crippen LogP contribution in [-0.2, 0) is 10.2 Å². The average molecular weight is 293 g/mol. The zero-order valence-electron chi connectivity index (χ0n) is 13.9. The molecular formula is C15H27N5O. The summed E-state index contributed by atoms with van der Waals surface area (Å²) in [7, 11) is 1.83. The molecule has 0 aliphatic rings. The van der Waals surface area contributed by atoms with E-state index in [1.807, 2.05) is 27.0 Å². The van der Waals surface area contributed by atoms with Crippen molar-refractivity contribution < 1.29 is 4.79 Å². The van der Waals surface area contributed by atoms with Gasteiger partial charge in [-0.1, -0.05) is 20.8 Å². The maximum Gasteiger partial charge on any atom is 0.221 e. The van der Waals surface area contributed by atoms with Gasteiger partial charge in [-0.15, -0.1) is 0 Å².